The zero-order valence-corrected chi connectivity index (χ0v) is 21.9. The maximum absolute atomic E-state index is 12.9. The molecule has 2 amide bonds. The van der Waals surface area contributed by atoms with E-state index in [1.54, 1.807) is 24.3 Å². The maximum atomic E-state index is 12.9. The maximum Gasteiger partial charge on any atom is 0.416 e. The molecule has 13 heteroatoms. The molecular formula is C26H17Cl3F3N3O4. The van der Waals surface area contributed by atoms with Gasteiger partial charge in [-0.1, -0.05) is 46.9 Å². The molecule has 4 aromatic rings. The van der Waals surface area contributed by atoms with E-state index in [1.165, 1.54) is 12.1 Å². The smallest absolute Gasteiger partial charge is 0.416 e. The molecule has 0 saturated heterocycles. The van der Waals surface area contributed by atoms with Crippen LogP contribution >= 0.6 is 34.8 Å². The highest BCUT2D eigenvalue weighted by molar-refractivity contribution is 6.43. The van der Waals surface area contributed by atoms with Gasteiger partial charge in [-0.05, 0) is 42.0 Å². The number of carbonyl (C=O) groups is 2. The number of pyridine rings is 1. The van der Waals surface area contributed by atoms with E-state index in [2.05, 4.69) is 15.6 Å². The van der Waals surface area contributed by atoms with E-state index >= 15 is 0 Å². The number of carbonyl (C=O) groups excluding carboxylic acids is 2. The van der Waals surface area contributed by atoms with Crippen LogP contribution in [0.25, 0.3) is 10.9 Å². The van der Waals surface area contributed by atoms with Crippen LogP contribution in [0.1, 0.15) is 21.5 Å². The molecule has 0 fully saturated rings. The van der Waals surface area contributed by atoms with Crippen LogP contribution in [0.5, 0.6) is 5.75 Å². The van der Waals surface area contributed by atoms with Gasteiger partial charge in [-0.3, -0.25) is 14.4 Å². The van der Waals surface area contributed by atoms with Crippen molar-refractivity contribution in [3.05, 3.63) is 103 Å². The van der Waals surface area contributed by atoms with Gasteiger partial charge >= 0.3 is 6.18 Å². The highest BCUT2D eigenvalue weighted by atomic mass is 35.5. The Hall–Kier alpha value is -3.73. The van der Waals surface area contributed by atoms with Gasteiger partial charge in [-0.2, -0.15) is 13.2 Å². The molecule has 0 atom stereocenters. The predicted octanol–water partition coefficient (Wildman–Crippen LogP) is 6.45. The van der Waals surface area contributed by atoms with Crippen molar-refractivity contribution in [2.45, 2.75) is 12.7 Å². The first-order chi connectivity index (χ1) is 18.4. The fourth-order valence-corrected chi connectivity index (χ4v) is 4.10. The van der Waals surface area contributed by atoms with Crippen LogP contribution in [0.3, 0.4) is 0 Å². The Labute approximate surface area is 233 Å². The molecule has 0 aliphatic carbocycles. The van der Waals surface area contributed by atoms with Crippen molar-refractivity contribution in [3.8, 4) is 5.75 Å². The van der Waals surface area contributed by atoms with E-state index in [-0.39, 0.29) is 50.4 Å². The van der Waals surface area contributed by atoms with Crippen LogP contribution < -0.4 is 20.8 Å². The monoisotopic (exact) mass is 597 g/mol. The third kappa shape index (κ3) is 6.83. The van der Waals surface area contributed by atoms with E-state index in [4.69, 9.17) is 39.5 Å². The first kappa shape index (κ1) is 28.3. The lowest BCUT2D eigenvalue weighted by Gasteiger charge is -2.11. The molecule has 0 bridgehead atoms. The second-order valence-corrected chi connectivity index (χ2v) is 9.42. The van der Waals surface area contributed by atoms with Crippen molar-refractivity contribution in [2.24, 2.45) is 0 Å². The number of hydrogen-bond donors (Lipinski definition) is 3. The number of amides is 2. The van der Waals surface area contributed by atoms with Gasteiger partial charge < -0.3 is 20.4 Å². The molecule has 0 radical (unpaired) electrons. The van der Waals surface area contributed by atoms with Gasteiger partial charge in [-0.25, -0.2) is 0 Å². The summed E-state index contributed by atoms with van der Waals surface area (Å²) in [4.78, 5) is 40.0. The first-order valence-electron chi connectivity index (χ1n) is 11.1. The minimum Gasteiger partial charge on any atom is -0.482 e. The number of aromatic amines is 1. The molecule has 1 aromatic heterocycles. The van der Waals surface area contributed by atoms with Gasteiger partial charge in [0.25, 0.3) is 11.8 Å². The standard InChI is InChI=1S/C26H17Cl3F3N3O4/c27-18-8-20(29)22(9-19(18)28)39-12-23(36)35-15-4-1-13(2-5-15)10-34-25(38)17-11-33-21-7-14(26(30,31)32)3-6-16(21)24(17)37/h1-9,11H,10,12H2,(H,33,37)(H,34,38)(H,35,36). The zero-order chi connectivity index (χ0) is 28.3. The molecule has 0 unspecified atom stereocenters. The van der Waals surface area contributed by atoms with Crippen molar-refractivity contribution < 1.29 is 27.5 Å². The number of H-pyrrole nitrogens is 1. The molecule has 0 spiro atoms. The summed E-state index contributed by atoms with van der Waals surface area (Å²) in [7, 11) is 0. The van der Waals surface area contributed by atoms with Crippen molar-refractivity contribution in [1.82, 2.24) is 10.3 Å². The summed E-state index contributed by atoms with van der Waals surface area (Å²) in [5.74, 6) is -0.965. The van der Waals surface area contributed by atoms with Crippen LogP contribution in [0.2, 0.25) is 15.1 Å². The fraction of sp³-hybridized carbons (Fsp3) is 0.115. The molecule has 0 aliphatic rings. The van der Waals surface area contributed by atoms with Crippen LogP contribution in [0.4, 0.5) is 18.9 Å². The van der Waals surface area contributed by atoms with Crippen LogP contribution in [0, 0.1) is 0 Å². The number of rotatable bonds is 7. The summed E-state index contributed by atoms with van der Waals surface area (Å²) >= 11 is 17.8. The normalized spacial score (nSPS) is 11.3. The lowest BCUT2D eigenvalue weighted by molar-refractivity contribution is -0.137. The summed E-state index contributed by atoms with van der Waals surface area (Å²) in [5, 5.41) is 5.87. The van der Waals surface area contributed by atoms with Crippen LogP contribution in [0.15, 0.2) is 65.6 Å². The second kappa shape index (κ2) is 11.6. The molecular weight excluding hydrogens is 582 g/mol. The number of halogens is 6. The van der Waals surface area contributed by atoms with Crippen molar-refractivity contribution in [1.29, 1.82) is 0 Å². The Bertz CT molecular complexity index is 1620. The van der Waals surface area contributed by atoms with Crippen molar-refractivity contribution >= 4 is 63.2 Å². The number of alkyl halides is 3. The quantitative estimate of drug-likeness (QED) is 0.213. The Morgan fingerprint density at radius 3 is 2.31 bits per heavy atom. The lowest BCUT2D eigenvalue weighted by Crippen LogP contribution is -2.28. The summed E-state index contributed by atoms with van der Waals surface area (Å²) in [6.45, 7) is -0.288. The predicted molar refractivity (Wildman–Crippen MR) is 143 cm³/mol. The van der Waals surface area contributed by atoms with E-state index in [0.717, 1.165) is 24.4 Å². The molecule has 7 nitrogen and oxygen atoms in total. The minimum atomic E-state index is -4.56. The molecule has 0 aliphatic heterocycles. The highest BCUT2D eigenvalue weighted by Gasteiger charge is 2.30. The molecule has 39 heavy (non-hydrogen) atoms. The number of nitrogens with one attached hydrogen (secondary N) is 3. The van der Waals surface area contributed by atoms with Gasteiger partial charge in [0.2, 0.25) is 5.43 Å². The molecule has 1 heterocycles. The van der Waals surface area contributed by atoms with Crippen molar-refractivity contribution in [2.75, 3.05) is 11.9 Å². The fourth-order valence-electron chi connectivity index (χ4n) is 3.51. The van der Waals surface area contributed by atoms with Crippen molar-refractivity contribution in [3.63, 3.8) is 0 Å². The second-order valence-electron chi connectivity index (χ2n) is 8.20. The molecule has 202 valence electrons. The van der Waals surface area contributed by atoms with E-state index in [1.807, 2.05) is 0 Å². The summed E-state index contributed by atoms with van der Waals surface area (Å²) in [6, 6.07) is 11.9. The van der Waals surface area contributed by atoms with Crippen LogP contribution in [-0.2, 0) is 17.5 Å². The average Bonchev–Trinajstić information content (AvgIpc) is 2.89. The van der Waals surface area contributed by atoms with E-state index in [0.29, 0.717) is 11.3 Å². The Balaban J connectivity index is 1.33. The number of anilines is 1. The molecule has 0 saturated carbocycles. The number of hydrogen-bond acceptors (Lipinski definition) is 4. The Morgan fingerprint density at radius 1 is 0.923 bits per heavy atom. The lowest BCUT2D eigenvalue weighted by atomic mass is 10.1. The number of ether oxygens (including phenoxy) is 1. The Kier molecular flexibility index (Phi) is 8.39. The number of benzene rings is 3. The summed E-state index contributed by atoms with van der Waals surface area (Å²) in [6.07, 6.45) is -3.49. The summed E-state index contributed by atoms with van der Waals surface area (Å²) in [5.41, 5.74) is -0.763. The van der Waals surface area contributed by atoms with Gasteiger partial charge in [0.05, 0.1) is 20.6 Å². The van der Waals surface area contributed by atoms with Gasteiger partial charge in [0.15, 0.2) is 6.61 Å². The number of aromatic nitrogens is 1. The third-order valence-electron chi connectivity index (χ3n) is 5.48. The molecule has 4 rings (SSSR count). The first-order valence-corrected chi connectivity index (χ1v) is 12.2. The molecule has 3 aromatic carbocycles. The van der Waals surface area contributed by atoms with E-state index < -0.39 is 29.0 Å². The highest BCUT2D eigenvalue weighted by Crippen LogP contribution is 2.34. The minimum absolute atomic E-state index is 0.0329. The zero-order valence-electron chi connectivity index (χ0n) is 19.6. The van der Waals surface area contributed by atoms with Gasteiger partial charge in [0.1, 0.15) is 11.3 Å². The van der Waals surface area contributed by atoms with Gasteiger partial charge in [0, 0.05) is 35.4 Å². The van der Waals surface area contributed by atoms with E-state index in [9.17, 15) is 27.6 Å². The number of fused-ring (bicyclic) bond motifs is 1. The largest absolute Gasteiger partial charge is 0.482 e. The molecule has 3 N–H and O–H groups in total. The SMILES string of the molecule is O=C(COc1cc(Cl)c(Cl)cc1Cl)Nc1ccc(CNC(=O)c2c[nH]c3cc(C(F)(F)F)ccc3c2=O)cc1. The third-order valence-corrected chi connectivity index (χ3v) is 6.49. The topological polar surface area (TPSA) is 100 Å². The van der Waals surface area contributed by atoms with Gasteiger partial charge in [-0.15, -0.1) is 0 Å². The average molecular weight is 599 g/mol. The summed E-state index contributed by atoms with van der Waals surface area (Å²) < 4.78 is 44.1. The van der Waals surface area contributed by atoms with Crippen LogP contribution in [-0.4, -0.2) is 23.4 Å². The Morgan fingerprint density at radius 2 is 1.62 bits per heavy atom.